The molecular weight excluding hydrogens is 236 g/mol. The number of nitrogens with one attached hydrogen (secondary N) is 1. The van der Waals surface area contributed by atoms with E-state index in [1.54, 1.807) is 0 Å². The van der Waals surface area contributed by atoms with Gasteiger partial charge in [0.2, 0.25) is 0 Å². The van der Waals surface area contributed by atoms with Crippen molar-refractivity contribution in [2.45, 2.75) is 70.9 Å². The van der Waals surface area contributed by atoms with Gasteiger partial charge in [-0.3, -0.25) is 0 Å². The summed E-state index contributed by atoms with van der Waals surface area (Å²) in [5.41, 5.74) is 0.265. The average molecular weight is 270 g/mol. The maximum Gasteiger partial charge on any atom is 0.0702 e. The number of nitrogens with zero attached hydrogens (tertiary/aromatic N) is 1. The molecule has 1 unspecified atom stereocenters. The number of unbranched alkanes of at least 4 members (excludes halogenated alkanes) is 3. The molecule has 1 aliphatic rings. The highest BCUT2D eigenvalue weighted by Crippen LogP contribution is 2.13. The summed E-state index contributed by atoms with van der Waals surface area (Å²) in [7, 11) is 2.23. The van der Waals surface area contributed by atoms with Crippen molar-refractivity contribution in [3.63, 3.8) is 0 Å². The second-order valence-electron chi connectivity index (χ2n) is 6.99. The Morgan fingerprint density at radius 3 is 2.53 bits per heavy atom. The molecule has 0 aromatic carbocycles. The minimum Gasteiger partial charge on any atom is -0.377 e. The topological polar surface area (TPSA) is 24.5 Å². The maximum atomic E-state index is 5.66. The Bertz CT molecular complexity index is 219. The minimum atomic E-state index is 0.265. The molecule has 0 bridgehead atoms. The zero-order valence-electron chi connectivity index (χ0n) is 13.5. The van der Waals surface area contributed by atoms with E-state index in [0.29, 0.717) is 6.10 Å². The molecule has 1 fully saturated rings. The van der Waals surface area contributed by atoms with Crippen LogP contribution in [0.3, 0.4) is 0 Å². The van der Waals surface area contributed by atoms with E-state index >= 15 is 0 Å². The van der Waals surface area contributed by atoms with Gasteiger partial charge in [-0.05, 0) is 66.6 Å². The van der Waals surface area contributed by atoms with Crippen LogP contribution in [0.15, 0.2) is 0 Å². The summed E-state index contributed by atoms with van der Waals surface area (Å²) in [6.07, 6.45) is 8.31. The van der Waals surface area contributed by atoms with E-state index in [0.717, 1.165) is 19.7 Å². The zero-order chi connectivity index (χ0) is 14.1. The summed E-state index contributed by atoms with van der Waals surface area (Å²) in [6, 6.07) is 0. The molecular formula is C16H34N2O. The third-order valence-electron chi connectivity index (χ3n) is 3.66. The highest BCUT2D eigenvalue weighted by atomic mass is 16.5. The quantitative estimate of drug-likeness (QED) is 0.652. The normalized spacial score (nSPS) is 20.4. The lowest BCUT2D eigenvalue weighted by molar-refractivity contribution is 0.0807. The van der Waals surface area contributed by atoms with Crippen LogP contribution in [-0.2, 0) is 4.74 Å². The van der Waals surface area contributed by atoms with E-state index in [1.807, 2.05) is 0 Å². The Kier molecular flexibility index (Phi) is 7.96. The Balaban J connectivity index is 1.87. The fourth-order valence-corrected chi connectivity index (χ4v) is 2.55. The summed E-state index contributed by atoms with van der Waals surface area (Å²) in [6.45, 7) is 11.1. The molecule has 0 saturated carbocycles. The lowest BCUT2D eigenvalue weighted by Gasteiger charge is -2.21. The molecule has 1 aliphatic heterocycles. The highest BCUT2D eigenvalue weighted by Gasteiger charge is 2.16. The second-order valence-corrected chi connectivity index (χ2v) is 6.99. The Labute approximate surface area is 120 Å². The van der Waals surface area contributed by atoms with Gasteiger partial charge in [-0.1, -0.05) is 12.8 Å². The molecule has 3 heteroatoms. The van der Waals surface area contributed by atoms with E-state index in [2.05, 4.69) is 38.0 Å². The van der Waals surface area contributed by atoms with Crippen molar-refractivity contribution in [2.24, 2.45) is 0 Å². The first-order valence-electron chi connectivity index (χ1n) is 8.02. The number of likely N-dealkylation sites (N-methyl/N-ethyl adjacent to an activating group) is 1. The molecule has 0 aromatic rings. The van der Waals surface area contributed by atoms with E-state index in [4.69, 9.17) is 4.74 Å². The van der Waals surface area contributed by atoms with Crippen molar-refractivity contribution < 1.29 is 4.74 Å². The van der Waals surface area contributed by atoms with Gasteiger partial charge in [0.1, 0.15) is 0 Å². The maximum absolute atomic E-state index is 5.66. The fourth-order valence-electron chi connectivity index (χ4n) is 2.55. The fraction of sp³-hybridized carbons (Fsp3) is 1.00. The van der Waals surface area contributed by atoms with Crippen LogP contribution < -0.4 is 5.32 Å². The molecule has 19 heavy (non-hydrogen) atoms. The Hall–Kier alpha value is -0.120. The Morgan fingerprint density at radius 2 is 1.89 bits per heavy atom. The van der Waals surface area contributed by atoms with Crippen LogP contribution in [-0.4, -0.2) is 49.8 Å². The molecule has 1 saturated heterocycles. The van der Waals surface area contributed by atoms with Gasteiger partial charge in [0.25, 0.3) is 0 Å². The summed E-state index contributed by atoms with van der Waals surface area (Å²) in [5, 5.41) is 3.54. The summed E-state index contributed by atoms with van der Waals surface area (Å²) < 4.78 is 5.66. The van der Waals surface area contributed by atoms with Gasteiger partial charge in [0.05, 0.1) is 6.10 Å². The summed E-state index contributed by atoms with van der Waals surface area (Å²) in [4.78, 5) is 2.43. The third-order valence-corrected chi connectivity index (χ3v) is 3.66. The average Bonchev–Trinajstić information content (AvgIpc) is 2.79. The molecule has 0 amide bonds. The van der Waals surface area contributed by atoms with Crippen molar-refractivity contribution in [3.05, 3.63) is 0 Å². The van der Waals surface area contributed by atoms with Crippen molar-refractivity contribution in [1.29, 1.82) is 0 Å². The molecule has 3 nitrogen and oxygen atoms in total. The molecule has 1 atom stereocenters. The van der Waals surface area contributed by atoms with E-state index in [1.165, 1.54) is 45.1 Å². The molecule has 0 aromatic heterocycles. The molecule has 0 spiro atoms. The van der Waals surface area contributed by atoms with Crippen LogP contribution in [0.5, 0.6) is 0 Å². The number of hydrogen-bond acceptors (Lipinski definition) is 3. The van der Waals surface area contributed by atoms with Crippen LogP contribution in [0.4, 0.5) is 0 Å². The Morgan fingerprint density at radius 1 is 1.16 bits per heavy atom. The number of ether oxygens (including phenoxy) is 1. The first kappa shape index (κ1) is 16.9. The lowest BCUT2D eigenvalue weighted by atomic mass is 10.1. The van der Waals surface area contributed by atoms with Crippen LogP contribution in [0, 0.1) is 0 Å². The smallest absolute Gasteiger partial charge is 0.0702 e. The van der Waals surface area contributed by atoms with Gasteiger partial charge >= 0.3 is 0 Å². The largest absolute Gasteiger partial charge is 0.377 e. The molecule has 1 rings (SSSR count). The van der Waals surface area contributed by atoms with Crippen LogP contribution >= 0.6 is 0 Å². The van der Waals surface area contributed by atoms with Gasteiger partial charge in [0, 0.05) is 18.7 Å². The highest BCUT2D eigenvalue weighted by molar-refractivity contribution is 4.70. The van der Waals surface area contributed by atoms with Crippen LogP contribution in [0.1, 0.15) is 59.3 Å². The predicted molar refractivity (Wildman–Crippen MR) is 82.7 cm³/mol. The van der Waals surface area contributed by atoms with Crippen molar-refractivity contribution in [2.75, 3.05) is 33.3 Å². The number of rotatable bonds is 9. The van der Waals surface area contributed by atoms with Crippen LogP contribution in [0.2, 0.25) is 0 Å². The van der Waals surface area contributed by atoms with Crippen molar-refractivity contribution in [3.8, 4) is 0 Å². The second kappa shape index (κ2) is 8.93. The number of hydrogen-bond donors (Lipinski definition) is 1. The molecule has 0 aliphatic carbocycles. The van der Waals surface area contributed by atoms with E-state index in [-0.39, 0.29) is 5.54 Å². The van der Waals surface area contributed by atoms with Crippen molar-refractivity contribution >= 4 is 0 Å². The predicted octanol–water partition coefficient (Wildman–Crippen LogP) is 3.05. The van der Waals surface area contributed by atoms with Gasteiger partial charge in [-0.2, -0.15) is 0 Å². The molecule has 1 heterocycles. The summed E-state index contributed by atoms with van der Waals surface area (Å²) >= 11 is 0. The van der Waals surface area contributed by atoms with E-state index < -0.39 is 0 Å². The van der Waals surface area contributed by atoms with Gasteiger partial charge in [-0.15, -0.1) is 0 Å². The standard InChI is InChI=1S/C16H34N2O/c1-16(2,3)17-11-7-5-6-8-12-18(4)14-15-10-9-13-19-15/h15,17H,5-14H2,1-4H3. The van der Waals surface area contributed by atoms with Crippen molar-refractivity contribution in [1.82, 2.24) is 10.2 Å². The SMILES string of the molecule is CN(CCCCCCNC(C)(C)C)CC1CCCO1. The van der Waals surface area contributed by atoms with Gasteiger partial charge in [-0.25, -0.2) is 0 Å². The minimum absolute atomic E-state index is 0.265. The first-order chi connectivity index (χ1) is 8.97. The molecule has 0 radical (unpaired) electrons. The van der Waals surface area contributed by atoms with E-state index in [9.17, 15) is 0 Å². The van der Waals surface area contributed by atoms with Gasteiger partial charge in [0.15, 0.2) is 0 Å². The van der Waals surface area contributed by atoms with Gasteiger partial charge < -0.3 is 15.0 Å². The van der Waals surface area contributed by atoms with Crippen LogP contribution in [0.25, 0.3) is 0 Å². The first-order valence-corrected chi connectivity index (χ1v) is 8.02. The lowest BCUT2D eigenvalue weighted by Crippen LogP contribution is -2.36. The monoisotopic (exact) mass is 270 g/mol. The molecule has 114 valence electrons. The summed E-state index contributed by atoms with van der Waals surface area (Å²) in [5.74, 6) is 0. The third kappa shape index (κ3) is 9.42. The molecule has 1 N–H and O–H groups in total. The zero-order valence-corrected chi connectivity index (χ0v) is 13.5.